The Morgan fingerprint density at radius 3 is 2.83 bits per heavy atom. The van der Waals surface area contributed by atoms with Gasteiger partial charge in [0.25, 0.3) is 0 Å². The number of nitrogens with zero attached hydrogens (tertiary/aromatic N) is 2. The minimum Gasteiger partial charge on any atom is -0.462 e. The Morgan fingerprint density at radius 2 is 2.08 bits per heavy atom. The standard InChI is InChI=1S/C17H18N2O5/c1-3-15(20)22-9-10-23-16(21)8-7-14-18-17(19-24-14)13-6-4-5-12(2)11-13/h3-6,11H,1,7-10H2,2H3. The number of carbonyl (C=O) groups is 2. The molecule has 1 aromatic carbocycles. The molecule has 2 rings (SSSR count). The second-order valence-electron chi connectivity index (χ2n) is 4.97. The van der Waals surface area contributed by atoms with Gasteiger partial charge in [0.15, 0.2) is 0 Å². The van der Waals surface area contributed by atoms with Crippen molar-refractivity contribution in [3.05, 3.63) is 48.4 Å². The number of carbonyl (C=O) groups excluding carboxylic acids is 2. The fraction of sp³-hybridized carbons (Fsp3) is 0.294. The van der Waals surface area contributed by atoms with Crippen LogP contribution in [0.1, 0.15) is 17.9 Å². The first-order valence-corrected chi connectivity index (χ1v) is 7.43. The van der Waals surface area contributed by atoms with Crippen molar-refractivity contribution < 1.29 is 23.6 Å². The Labute approximate surface area is 139 Å². The highest BCUT2D eigenvalue weighted by atomic mass is 16.6. The summed E-state index contributed by atoms with van der Waals surface area (Å²) in [6.07, 6.45) is 1.43. The van der Waals surface area contributed by atoms with Gasteiger partial charge >= 0.3 is 11.9 Å². The number of rotatable bonds is 8. The van der Waals surface area contributed by atoms with Gasteiger partial charge in [0.05, 0.1) is 6.42 Å². The molecule has 24 heavy (non-hydrogen) atoms. The second kappa shape index (κ2) is 8.61. The maximum atomic E-state index is 11.6. The number of ether oxygens (including phenoxy) is 2. The van der Waals surface area contributed by atoms with Crippen molar-refractivity contribution in [3.8, 4) is 11.4 Å². The first-order valence-electron chi connectivity index (χ1n) is 7.43. The van der Waals surface area contributed by atoms with Crippen LogP contribution in [0.2, 0.25) is 0 Å². The Morgan fingerprint density at radius 1 is 1.29 bits per heavy atom. The maximum absolute atomic E-state index is 11.6. The van der Waals surface area contributed by atoms with Crippen LogP contribution in [0.4, 0.5) is 0 Å². The topological polar surface area (TPSA) is 91.5 Å². The van der Waals surface area contributed by atoms with Gasteiger partial charge in [-0.05, 0) is 13.0 Å². The highest BCUT2D eigenvalue weighted by Crippen LogP contribution is 2.17. The van der Waals surface area contributed by atoms with Crippen molar-refractivity contribution in [1.29, 1.82) is 0 Å². The van der Waals surface area contributed by atoms with Crippen LogP contribution < -0.4 is 0 Å². The molecule has 0 fully saturated rings. The summed E-state index contributed by atoms with van der Waals surface area (Å²) in [5.74, 6) is -0.138. The van der Waals surface area contributed by atoms with Gasteiger partial charge in [-0.15, -0.1) is 0 Å². The minimum absolute atomic E-state index is 0.00319. The zero-order chi connectivity index (χ0) is 17.4. The van der Waals surface area contributed by atoms with E-state index in [9.17, 15) is 9.59 Å². The molecule has 0 spiro atoms. The molecule has 0 aliphatic heterocycles. The predicted octanol–water partition coefficient (Wildman–Crippen LogP) is 2.25. The smallest absolute Gasteiger partial charge is 0.330 e. The molecule has 126 valence electrons. The Kier molecular flexibility index (Phi) is 6.24. The first-order chi connectivity index (χ1) is 11.6. The number of aryl methyl sites for hydroxylation is 2. The SMILES string of the molecule is C=CC(=O)OCCOC(=O)CCc1nc(-c2cccc(C)c2)no1. The number of esters is 2. The quantitative estimate of drug-likeness (QED) is 0.416. The van der Waals surface area contributed by atoms with Crippen molar-refractivity contribution in [2.45, 2.75) is 19.8 Å². The maximum Gasteiger partial charge on any atom is 0.330 e. The molecule has 1 aromatic heterocycles. The van der Waals surface area contributed by atoms with Crippen molar-refractivity contribution in [2.24, 2.45) is 0 Å². The molecule has 0 aliphatic rings. The third-order valence-electron chi connectivity index (χ3n) is 3.04. The van der Waals surface area contributed by atoms with Gasteiger partial charge < -0.3 is 14.0 Å². The summed E-state index contributed by atoms with van der Waals surface area (Å²) in [4.78, 5) is 26.6. The number of aromatic nitrogens is 2. The zero-order valence-electron chi connectivity index (χ0n) is 13.4. The zero-order valence-corrected chi connectivity index (χ0v) is 13.4. The summed E-state index contributed by atoms with van der Waals surface area (Å²) in [6, 6.07) is 7.73. The van der Waals surface area contributed by atoms with Crippen LogP contribution >= 0.6 is 0 Å². The second-order valence-corrected chi connectivity index (χ2v) is 4.97. The van der Waals surface area contributed by atoms with Crippen LogP contribution in [0.25, 0.3) is 11.4 Å². The van der Waals surface area contributed by atoms with E-state index in [1.54, 1.807) is 0 Å². The molecule has 1 heterocycles. The van der Waals surface area contributed by atoms with Crippen LogP contribution in [0.15, 0.2) is 41.4 Å². The molecular formula is C17H18N2O5. The average molecular weight is 330 g/mol. The molecule has 0 atom stereocenters. The van der Waals surface area contributed by atoms with Gasteiger partial charge in [0.2, 0.25) is 11.7 Å². The fourth-order valence-electron chi connectivity index (χ4n) is 1.90. The largest absolute Gasteiger partial charge is 0.462 e. The summed E-state index contributed by atoms with van der Waals surface area (Å²) in [5.41, 5.74) is 1.95. The molecule has 0 radical (unpaired) electrons. The van der Waals surface area contributed by atoms with E-state index in [1.165, 1.54) is 0 Å². The van der Waals surface area contributed by atoms with Gasteiger partial charge in [-0.25, -0.2) is 4.79 Å². The third kappa shape index (κ3) is 5.35. The van der Waals surface area contributed by atoms with Crippen LogP contribution in [-0.4, -0.2) is 35.3 Å². The summed E-state index contributed by atoms with van der Waals surface area (Å²) in [6.45, 7) is 5.23. The van der Waals surface area contributed by atoms with Gasteiger partial charge in [0.1, 0.15) is 13.2 Å². The van der Waals surface area contributed by atoms with E-state index in [-0.39, 0.29) is 26.1 Å². The van der Waals surface area contributed by atoms with E-state index in [4.69, 9.17) is 14.0 Å². The van der Waals surface area contributed by atoms with Crippen molar-refractivity contribution in [3.63, 3.8) is 0 Å². The van der Waals surface area contributed by atoms with Crippen LogP contribution in [0.5, 0.6) is 0 Å². The molecule has 7 nitrogen and oxygen atoms in total. The molecular weight excluding hydrogens is 312 g/mol. The Balaban J connectivity index is 1.75. The van der Waals surface area contributed by atoms with E-state index in [0.717, 1.165) is 17.2 Å². The minimum atomic E-state index is -0.555. The van der Waals surface area contributed by atoms with Crippen molar-refractivity contribution in [2.75, 3.05) is 13.2 Å². The third-order valence-corrected chi connectivity index (χ3v) is 3.04. The summed E-state index contributed by atoms with van der Waals surface area (Å²) < 4.78 is 14.7. The Bertz CT molecular complexity index is 723. The number of benzene rings is 1. The van der Waals surface area contributed by atoms with E-state index >= 15 is 0 Å². The fourth-order valence-corrected chi connectivity index (χ4v) is 1.90. The van der Waals surface area contributed by atoms with Crippen LogP contribution in [0.3, 0.4) is 0 Å². The first kappa shape index (κ1) is 17.4. The van der Waals surface area contributed by atoms with Gasteiger partial charge in [0, 0.05) is 18.1 Å². The highest BCUT2D eigenvalue weighted by molar-refractivity contribution is 5.81. The lowest BCUT2D eigenvalue weighted by atomic mass is 10.1. The van der Waals surface area contributed by atoms with E-state index in [1.807, 2.05) is 31.2 Å². The predicted molar refractivity (Wildman–Crippen MR) is 84.9 cm³/mol. The molecule has 0 aliphatic carbocycles. The van der Waals surface area contributed by atoms with Crippen LogP contribution in [-0.2, 0) is 25.5 Å². The lowest BCUT2D eigenvalue weighted by Gasteiger charge is -2.03. The highest BCUT2D eigenvalue weighted by Gasteiger charge is 2.11. The van der Waals surface area contributed by atoms with Gasteiger partial charge in [-0.1, -0.05) is 35.5 Å². The molecule has 0 saturated carbocycles. The lowest BCUT2D eigenvalue weighted by molar-refractivity contribution is -0.149. The Hall–Kier alpha value is -2.96. The molecule has 0 unspecified atom stereocenters. The molecule has 0 N–H and O–H groups in total. The van der Waals surface area contributed by atoms with Gasteiger partial charge in [-0.2, -0.15) is 4.98 Å². The molecule has 2 aromatic rings. The molecule has 0 saturated heterocycles. The number of hydrogen-bond donors (Lipinski definition) is 0. The summed E-state index contributed by atoms with van der Waals surface area (Å²) >= 11 is 0. The molecule has 7 heteroatoms. The number of hydrogen-bond acceptors (Lipinski definition) is 7. The average Bonchev–Trinajstić information content (AvgIpc) is 3.05. The van der Waals surface area contributed by atoms with E-state index in [2.05, 4.69) is 16.7 Å². The normalized spacial score (nSPS) is 10.2. The monoisotopic (exact) mass is 330 g/mol. The van der Waals surface area contributed by atoms with Crippen LogP contribution in [0, 0.1) is 6.92 Å². The van der Waals surface area contributed by atoms with Crippen molar-refractivity contribution >= 4 is 11.9 Å². The summed E-state index contributed by atoms with van der Waals surface area (Å²) in [5, 5.41) is 3.90. The summed E-state index contributed by atoms with van der Waals surface area (Å²) in [7, 11) is 0. The van der Waals surface area contributed by atoms with Gasteiger partial charge in [-0.3, -0.25) is 4.79 Å². The molecule has 0 amide bonds. The van der Waals surface area contributed by atoms with E-state index < -0.39 is 11.9 Å². The van der Waals surface area contributed by atoms with E-state index in [0.29, 0.717) is 11.7 Å². The lowest BCUT2D eigenvalue weighted by Crippen LogP contribution is -2.13. The van der Waals surface area contributed by atoms with Crippen molar-refractivity contribution in [1.82, 2.24) is 10.1 Å². The molecule has 0 bridgehead atoms.